The molecule has 128 valence electrons. The smallest absolute Gasteiger partial charge is 0.252 e. The van der Waals surface area contributed by atoms with E-state index in [2.05, 4.69) is 15.6 Å². The molecular weight excluding hydrogens is 435 g/mol. The first-order valence-electron chi connectivity index (χ1n) is 6.83. The SMILES string of the molecule is CCNC(=NCc1ccc(S(=O)(=O)N(C)C)s1)NC(C)C.I. The molecule has 0 atom stereocenters. The van der Waals surface area contributed by atoms with Crippen molar-refractivity contribution in [2.45, 2.75) is 37.6 Å². The number of hydrogen-bond donors (Lipinski definition) is 2. The molecule has 1 rings (SSSR count). The van der Waals surface area contributed by atoms with Crippen LogP contribution in [0.5, 0.6) is 0 Å². The summed E-state index contributed by atoms with van der Waals surface area (Å²) in [6, 6.07) is 3.73. The lowest BCUT2D eigenvalue weighted by Gasteiger charge is -2.13. The first-order valence-corrected chi connectivity index (χ1v) is 9.09. The number of rotatable bonds is 6. The normalized spacial score (nSPS) is 12.4. The van der Waals surface area contributed by atoms with Crippen LogP contribution in [0.2, 0.25) is 0 Å². The van der Waals surface area contributed by atoms with Gasteiger partial charge in [-0.15, -0.1) is 35.3 Å². The van der Waals surface area contributed by atoms with E-state index in [1.165, 1.54) is 29.7 Å². The number of nitrogens with zero attached hydrogens (tertiary/aromatic N) is 2. The van der Waals surface area contributed by atoms with Crippen molar-refractivity contribution in [3.8, 4) is 0 Å². The highest BCUT2D eigenvalue weighted by molar-refractivity contribution is 14.0. The molecule has 2 N–H and O–H groups in total. The third-order valence-electron chi connectivity index (χ3n) is 2.53. The molecule has 0 aliphatic heterocycles. The predicted octanol–water partition coefficient (Wildman–Crippen LogP) is 2.08. The van der Waals surface area contributed by atoms with E-state index in [0.717, 1.165) is 17.4 Å². The van der Waals surface area contributed by atoms with E-state index in [1.807, 2.05) is 26.8 Å². The lowest BCUT2D eigenvalue weighted by atomic mass is 10.4. The molecule has 0 spiro atoms. The van der Waals surface area contributed by atoms with Crippen LogP contribution >= 0.6 is 35.3 Å². The fraction of sp³-hybridized carbons (Fsp3) is 0.615. The van der Waals surface area contributed by atoms with Crippen LogP contribution in [-0.4, -0.2) is 45.4 Å². The highest BCUT2D eigenvalue weighted by Gasteiger charge is 2.19. The number of thiophene rings is 1. The Labute approximate surface area is 154 Å². The summed E-state index contributed by atoms with van der Waals surface area (Å²) in [4.78, 5) is 5.37. The van der Waals surface area contributed by atoms with E-state index in [-0.39, 0.29) is 30.0 Å². The molecule has 1 heterocycles. The first kappa shape index (κ1) is 21.6. The summed E-state index contributed by atoms with van der Waals surface area (Å²) >= 11 is 1.25. The molecule has 0 bridgehead atoms. The zero-order valence-corrected chi connectivity index (χ0v) is 17.5. The van der Waals surface area contributed by atoms with Gasteiger partial charge in [-0.3, -0.25) is 0 Å². The molecule has 1 aromatic rings. The van der Waals surface area contributed by atoms with Crippen molar-refractivity contribution >= 4 is 51.3 Å². The third-order valence-corrected chi connectivity index (χ3v) is 5.89. The highest BCUT2D eigenvalue weighted by atomic mass is 127. The molecule has 0 radical (unpaired) electrons. The Morgan fingerprint density at radius 3 is 2.50 bits per heavy atom. The van der Waals surface area contributed by atoms with Gasteiger partial charge >= 0.3 is 0 Å². The van der Waals surface area contributed by atoms with Crippen LogP contribution in [0, 0.1) is 0 Å². The van der Waals surface area contributed by atoms with Gasteiger partial charge in [0.2, 0.25) is 0 Å². The third kappa shape index (κ3) is 6.39. The first-order chi connectivity index (χ1) is 9.77. The number of nitrogens with one attached hydrogen (secondary N) is 2. The summed E-state index contributed by atoms with van der Waals surface area (Å²) in [7, 11) is -0.291. The highest BCUT2D eigenvalue weighted by Crippen LogP contribution is 2.24. The van der Waals surface area contributed by atoms with E-state index in [1.54, 1.807) is 6.07 Å². The van der Waals surface area contributed by atoms with Gasteiger partial charge in [0.25, 0.3) is 10.0 Å². The molecule has 0 unspecified atom stereocenters. The molecule has 0 saturated heterocycles. The minimum absolute atomic E-state index is 0. The van der Waals surface area contributed by atoms with Gasteiger partial charge in [0.15, 0.2) is 5.96 Å². The van der Waals surface area contributed by atoms with Crippen LogP contribution in [0.4, 0.5) is 0 Å². The van der Waals surface area contributed by atoms with Crippen molar-refractivity contribution in [1.29, 1.82) is 0 Å². The van der Waals surface area contributed by atoms with E-state index in [4.69, 9.17) is 0 Å². The second kappa shape index (κ2) is 9.68. The molecule has 0 aliphatic rings. The van der Waals surface area contributed by atoms with Crippen molar-refractivity contribution in [3.05, 3.63) is 17.0 Å². The van der Waals surface area contributed by atoms with Gasteiger partial charge in [-0.1, -0.05) is 0 Å². The molecule has 0 amide bonds. The Balaban J connectivity index is 0.00000441. The monoisotopic (exact) mass is 460 g/mol. The fourth-order valence-electron chi connectivity index (χ4n) is 1.51. The van der Waals surface area contributed by atoms with Gasteiger partial charge in [0.05, 0.1) is 6.54 Å². The van der Waals surface area contributed by atoms with Crippen molar-refractivity contribution < 1.29 is 8.42 Å². The summed E-state index contributed by atoms with van der Waals surface area (Å²) in [5.74, 6) is 0.734. The van der Waals surface area contributed by atoms with Crippen molar-refractivity contribution in [1.82, 2.24) is 14.9 Å². The van der Waals surface area contributed by atoms with Crippen molar-refractivity contribution in [3.63, 3.8) is 0 Å². The van der Waals surface area contributed by atoms with E-state index in [0.29, 0.717) is 10.8 Å². The number of sulfonamides is 1. The molecule has 0 fully saturated rings. The van der Waals surface area contributed by atoms with Gasteiger partial charge in [-0.2, -0.15) is 0 Å². The molecular formula is C13H25IN4O2S2. The van der Waals surface area contributed by atoms with Crippen LogP contribution in [0.3, 0.4) is 0 Å². The van der Waals surface area contributed by atoms with Crippen LogP contribution in [0.15, 0.2) is 21.3 Å². The lowest BCUT2D eigenvalue weighted by molar-refractivity contribution is 0.523. The quantitative estimate of drug-likeness (QED) is 0.388. The fourth-order valence-corrected chi connectivity index (χ4v) is 3.96. The van der Waals surface area contributed by atoms with Crippen molar-refractivity contribution in [2.75, 3.05) is 20.6 Å². The second-order valence-corrected chi connectivity index (χ2v) is 8.55. The number of hydrogen-bond acceptors (Lipinski definition) is 4. The Kier molecular flexibility index (Phi) is 9.51. The summed E-state index contributed by atoms with van der Waals surface area (Å²) < 4.78 is 25.6. The standard InChI is InChI=1S/C13H24N4O2S2.HI/c1-6-14-13(16-10(2)3)15-9-11-7-8-12(20-11)21(18,19)17(4)5;/h7-8,10H,6,9H2,1-5H3,(H2,14,15,16);1H. The van der Waals surface area contributed by atoms with Gasteiger partial charge in [-0.25, -0.2) is 17.7 Å². The molecule has 0 aromatic carbocycles. The molecule has 9 heteroatoms. The van der Waals surface area contributed by atoms with Crippen LogP contribution in [0.25, 0.3) is 0 Å². The largest absolute Gasteiger partial charge is 0.357 e. The summed E-state index contributed by atoms with van der Waals surface area (Å²) in [5, 5.41) is 6.38. The van der Waals surface area contributed by atoms with Crippen LogP contribution in [-0.2, 0) is 16.6 Å². The van der Waals surface area contributed by atoms with Crippen LogP contribution in [0.1, 0.15) is 25.6 Å². The van der Waals surface area contributed by atoms with Gasteiger partial charge < -0.3 is 10.6 Å². The predicted molar refractivity (Wildman–Crippen MR) is 104 cm³/mol. The maximum absolute atomic E-state index is 12.0. The Hall–Kier alpha value is -0.390. The van der Waals surface area contributed by atoms with Gasteiger partial charge in [-0.05, 0) is 32.9 Å². The molecule has 0 aliphatic carbocycles. The zero-order valence-electron chi connectivity index (χ0n) is 13.6. The summed E-state index contributed by atoms with van der Waals surface area (Å²) in [6.07, 6.45) is 0. The maximum Gasteiger partial charge on any atom is 0.252 e. The van der Waals surface area contributed by atoms with Crippen LogP contribution < -0.4 is 10.6 Å². The molecule has 6 nitrogen and oxygen atoms in total. The number of halogens is 1. The van der Waals surface area contributed by atoms with E-state index < -0.39 is 10.0 Å². The number of aliphatic imine (C=N–C) groups is 1. The van der Waals surface area contributed by atoms with E-state index >= 15 is 0 Å². The van der Waals surface area contributed by atoms with Gasteiger partial charge in [0, 0.05) is 31.6 Å². The maximum atomic E-state index is 12.0. The zero-order chi connectivity index (χ0) is 16.0. The molecule has 1 aromatic heterocycles. The number of guanidine groups is 1. The van der Waals surface area contributed by atoms with Gasteiger partial charge in [0.1, 0.15) is 4.21 Å². The average Bonchev–Trinajstić information content (AvgIpc) is 2.84. The summed E-state index contributed by atoms with van der Waals surface area (Å²) in [6.45, 7) is 7.32. The molecule has 22 heavy (non-hydrogen) atoms. The van der Waals surface area contributed by atoms with E-state index in [9.17, 15) is 8.42 Å². The Morgan fingerprint density at radius 1 is 1.36 bits per heavy atom. The van der Waals surface area contributed by atoms with Crippen molar-refractivity contribution in [2.24, 2.45) is 4.99 Å². The summed E-state index contributed by atoms with van der Waals surface area (Å²) in [5.41, 5.74) is 0. The molecule has 0 saturated carbocycles. The minimum Gasteiger partial charge on any atom is -0.357 e. The topological polar surface area (TPSA) is 73.8 Å². The average molecular weight is 460 g/mol. The Morgan fingerprint density at radius 2 is 2.00 bits per heavy atom. The Bertz CT molecular complexity index is 583. The minimum atomic E-state index is -3.35. The lowest BCUT2D eigenvalue weighted by Crippen LogP contribution is -2.40. The second-order valence-electron chi connectivity index (χ2n) is 5.00.